The van der Waals surface area contributed by atoms with Gasteiger partial charge in [0.15, 0.2) is 0 Å². The second-order valence-electron chi connectivity index (χ2n) is 7.93. The van der Waals surface area contributed by atoms with Gasteiger partial charge in [0.05, 0.1) is 0 Å². The first kappa shape index (κ1) is 27.1. The molecule has 1 saturated heterocycles. The molecule has 2 aliphatic rings. The predicted octanol–water partition coefficient (Wildman–Crippen LogP) is 3.82. The summed E-state index contributed by atoms with van der Waals surface area (Å²) in [7, 11) is 0. The molecule has 0 atom stereocenters. The van der Waals surface area contributed by atoms with Gasteiger partial charge in [-0.2, -0.15) is 0 Å². The van der Waals surface area contributed by atoms with Crippen molar-refractivity contribution >= 4 is 12.2 Å². The fraction of sp³-hybridized carbons (Fsp3) is 0.913. The highest BCUT2D eigenvalue weighted by Gasteiger charge is 2.25. The molecule has 0 spiro atoms. The Kier molecular flexibility index (Phi) is 16.4. The number of hydrogen-bond donors (Lipinski definition) is 1. The van der Waals surface area contributed by atoms with Gasteiger partial charge in [0.25, 0.3) is 0 Å². The van der Waals surface area contributed by atoms with E-state index in [2.05, 4.69) is 29.0 Å². The van der Waals surface area contributed by atoms with E-state index in [9.17, 15) is 9.59 Å². The van der Waals surface area contributed by atoms with Crippen LogP contribution in [0.2, 0.25) is 0 Å². The Hall–Kier alpha value is -0.940. The quantitative estimate of drug-likeness (QED) is 0.500. The van der Waals surface area contributed by atoms with Crippen LogP contribution < -0.4 is 5.32 Å². The van der Waals surface area contributed by atoms with Crippen LogP contribution in [0, 0.1) is 17.8 Å². The van der Waals surface area contributed by atoms with Crippen molar-refractivity contribution in [1.29, 1.82) is 0 Å². The van der Waals surface area contributed by atoms with Crippen LogP contribution in [-0.2, 0) is 9.59 Å². The largest absolute Gasteiger partial charge is 0.356 e. The number of hydrogen-bond acceptors (Lipinski definition) is 4. The molecule has 0 aromatic rings. The van der Waals surface area contributed by atoms with Crippen molar-refractivity contribution in [3.05, 3.63) is 0 Å². The highest BCUT2D eigenvalue weighted by molar-refractivity contribution is 5.78. The molecule has 2 rings (SSSR count). The van der Waals surface area contributed by atoms with E-state index in [-0.39, 0.29) is 17.7 Å². The molecule has 1 heterocycles. The van der Waals surface area contributed by atoms with Crippen LogP contribution in [0.1, 0.15) is 73.6 Å². The van der Waals surface area contributed by atoms with E-state index in [1.165, 1.54) is 19.6 Å². The molecule has 1 aliphatic heterocycles. The molecule has 1 N–H and O–H groups in total. The van der Waals surface area contributed by atoms with Gasteiger partial charge in [0.2, 0.25) is 5.91 Å². The molecule has 28 heavy (non-hydrogen) atoms. The molecule has 1 saturated carbocycles. The van der Waals surface area contributed by atoms with Crippen molar-refractivity contribution in [2.24, 2.45) is 17.8 Å². The summed E-state index contributed by atoms with van der Waals surface area (Å²) in [5.74, 6) is 1.25. The number of aldehydes is 1. The maximum Gasteiger partial charge on any atom is 0.223 e. The maximum absolute atomic E-state index is 12.2. The molecule has 0 radical (unpaired) electrons. The third kappa shape index (κ3) is 11.2. The normalized spacial score (nSPS) is 23.1. The Morgan fingerprint density at radius 3 is 2.00 bits per heavy atom. The molecule has 0 aromatic carbocycles. The van der Waals surface area contributed by atoms with Gasteiger partial charge < -0.3 is 19.9 Å². The van der Waals surface area contributed by atoms with E-state index >= 15 is 0 Å². The Morgan fingerprint density at radius 2 is 1.50 bits per heavy atom. The molecule has 0 bridgehead atoms. The van der Waals surface area contributed by atoms with Gasteiger partial charge in [0, 0.05) is 51.1 Å². The van der Waals surface area contributed by atoms with E-state index in [4.69, 9.17) is 0 Å². The predicted molar refractivity (Wildman–Crippen MR) is 120 cm³/mol. The summed E-state index contributed by atoms with van der Waals surface area (Å²) in [4.78, 5) is 28.0. The SMILES string of the molecule is CC.CC.CC(C)CN1CCN(CCCNC(=O)C2CCC(C=O)CC2)CC1. The van der Waals surface area contributed by atoms with Crippen molar-refractivity contribution in [2.75, 3.05) is 45.8 Å². The first-order chi connectivity index (χ1) is 13.6. The second-order valence-corrected chi connectivity index (χ2v) is 7.93. The number of carbonyl (C=O) groups is 2. The summed E-state index contributed by atoms with van der Waals surface area (Å²) in [5, 5.41) is 3.10. The maximum atomic E-state index is 12.2. The highest BCUT2D eigenvalue weighted by Crippen LogP contribution is 2.27. The van der Waals surface area contributed by atoms with Crippen LogP contribution in [-0.4, -0.2) is 67.8 Å². The highest BCUT2D eigenvalue weighted by atomic mass is 16.1. The summed E-state index contributed by atoms with van der Waals surface area (Å²) in [5.41, 5.74) is 0. The minimum absolute atomic E-state index is 0.126. The third-order valence-corrected chi connectivity index (χ3v) is 5.37. The first-order valence-electron chi connectivity index (χ1n) is 11.8. The van der Waals surface area contributed by atoms with E-state index in [0.717, 1.165) is 70.5 Å². The van der Waals surface area contributed by atoms with Gasteiger partial charge in [-0.25, -0.2) is 0 Å². The molecule has 0 aromatic heterocycles. The van der Waals surface area contributed by atoms with Gasteiger partial charge in [-0.3, -0.25) is 4.79 Å². The van der Waals surface area contributed by atoms with E-state index in [1.54, 1.807) is 0 Å². The van der Waals surface area contributed by atoms with Gasteiger partial charge in [-0.15, -0.1) is 0 Å². The van der Waals surface area contributed by atoms with Crippen LogP contribution in [0.4, 0.5) is 0 Å². The Bertz CT molecular complexity index is 385. The van der Waals surface area contributed by atoms with Crippen LogP contribution in [0.3, 0.4) is 0 Å². The lowest BCUT2D eigenvalue weighted by molar-refractivity contribution is -0.127. The number of nitrogens with one attached hydrogen (secondary N) is 1. The number of amides is 1. The van der Waals surface area contributed by atoms with Gasteiger partial charge in [-0.05, 0) is 44.6 Å². The fourth-order valence-corrected chi connectivity index (χ4v) is 3.89. The fourth-order valence-electron chi connectivity index (χ4n) is 3.89. The molecule has 1 aliphatic carbocycles. The number of piperazine rings is 1. The lowest BCUT2D eigenvalue weighted by atomic mass is 9.82. The average molecular weight is 398 g/mol. The minimum atomic E-state index is 0.126. The zero-order chi connectivity index (χ0) is 21.4. The van der Waals surface area contributed by atoms with Crippen LogP contribution in [0.25, 0.3) is 0 Å². The molecule has 166 valence electrons. The smallest absolute Gasteiger partial charge is 0.223 e. The van der Waals surface area contributed by atoms with Crippen LogP contribution in [0.5, 0.6) is 0 Å². The average Bonchev–Trinajstić information content (AvgIpc) is 2.75. The van der Waals surface area contributed by atoms with Crippen molar-refractivity contribution in [2.45, 2.75) is 73.6 Å². The van der Waals surface area contributed by atoms with Crippen molar-refractivity contribution in [3.8, 4) is 0 Å². The number of rotatable bonds is 8. The van der Waals surface area contributed by atoms with Crippen LogP contribution >= 0.6 is 0 Å². The summed E-state index contributed by atoms with van der Waals surface area (Å²) in [6.45, 7) is 20.3. The Morgan fingerprint density at radius 1 is 0.964 bits per heavy atom. The Labute approximate surface area is 174 Å². The topological polar surface area (TPSA) is 52.6 Å². The van der Waals surface area contributed by atoms with Gasteiger partial charge >= 0.3 is 0 Å². The van der Waals surface area contributed by atoms with Gasteiger partial charge in [-0.1, -0.05) is 41.5 Å². The van der Waals surface area contributed by atoms with Crippen molar-refractivity contribution < 1.29 is 9.59 Å². The lowest BCUT2D eigenvalue weighted by Gasteiger charge is -2.35. The summed E-state index contributed by atoms with van der Waals surface area (Å²) >= 11 is 0. The zero-order valence-electron chi connectivity index (χ0n) is 19.5. The standard InChI is InChI=1S/C19H35N3O2.2C2H6/c1-16(2)14-22-12-10-21(11-13-22)9-3-8-20-19(24)18-6-4-17(15-23)5-7-18;2*1-2/h15-18H,3-14H2,1-2H3,(H,20,24);2*1-2H3. The monoisotopic (exact) mass is 397 g/mol. The molecule has 1 amide bonds. The Balaban J connectivity index is 0.00000171. The number of nitrogens with zero attached hydrogens (tertiary/aromatic N) is 2. The van der Waals surface area contributed by atoms with E-state index in [1.807, 2.05) is 27.7 Å². The summed E-state index contributed by atoms with van der Waals surface area (Å²) < 4.78 is 0. The first-order valence-corrected chi connectivity index (χ1v) is 11.8. The molecule has 5 heteroatoms. The summed E-state index contributed by atoms with van der Waals surface area (Å²) in [6, 6.07) is 0. The van der Waals surface area contributed by atoms with Crippen molar-refractivity contribution in [3.63, 3.8) is 0 Å². The van der Waals surface area contributed by atoms with Crippen molar-refractivity contribution in [1.82, 2.24) is 15.1 Å². The molecule has 0 unspecified atom stereocenters. The molecular formula is C23H47N3O2. The third-order valence-electron chi connectivity index (χ3n) is 5.37. The lowest BCUT2D eigenvalue weighted by Crippen LogP contribution is -2.47. The van der Waals surface area contributed by atoms with E-state index in [0.29, 0.717) is 0 Å². The number of carbonyl (C=O) groups excluding carboxylic acids is 2. The molecule has 2 fully saturated rings. The molecular weight excluding hydrogens is 350 g/mol. The molecule has 5 nitrogen and oxygen atoms in total. The zero-order valence-corrected chi connectivity index (χ0v) is 19.5. The summed E-state index contributed by atoms with van der Waals surface area (Å²) in [6.07, 6.45) is 5.57. The minimum Gasteiger partial charge on any atom is -0.356 e. The van der Waals surface area contributed by atoms with Crippen LogP contribution in [0.15, 0.2) is 0 Å². The second kappa shape index (κ2) is 17.0. The van der Waals surface area contributed by atoms with Gasteiger partial charge in [0.1, 0.15) is 6.29 Å². The van der Waals surface area contributed by atoms with E-state index < -0.39 is 0 Å².